The van der Waals surface area contributed by atoms with E-state index in [2.05, 4.69) is 5.32 Å². The second kappa shape index (κ2) is 8.31. The minimum Gasteiger partial charge on any atom is -0.465 e. The molecular formula is C24H21N3O4. The summed E-state index contributed by atoms with van der Waals surface area (Å²) >= 11 is 0. The van der Waals surface area contributed by atoms with Gasteiger partial charge >= 0.3 is 5.97 Å². The minimum absolute atomic E-state index is 0.202. The van der Waals surface area contributed by atoms with E-state index in [1.807, 2.05) is 47.4 Å². The van der Waals surface area contributed by atoms with Crippen LogP contribution in [-0.2, 0) is 16.1 Å². The maximum atomic E-state index is 13.1. The van der Waals surface area contributed by atoms with Crippen LogP contribution in [0, 0.1) is 0 Å². The number of ether oxygens (including phenoxy) is 1. The molecule has 2 amide bonds. The molecule has 31 heavy (non-hydrogen) atoms. The molecule has 1 atom stereocenters. The van der Waals surface area contributed by atoms with Gasteiger partial charge < -0.3 is 20.7 Å². The molecule has 0 bridgehead atoms. The number of methoxy groups -OCH3 is 1. The van der Waals surface area contributed by atoms with Crippen molar-refractivity contribution in [3.8, 4) is 0 Å². The first-order valence-corrected chi connectivity index (χ1v) is 9.71. The third-order valence-electron chi connectivity index (χ3n) is 5.25. The molecule has 156 valence electrons. The number of hydrogen-bond donors (Lipinski definition) is 2. The van der Waals surface area contributed by atoms with Crippen molar-refractivity contribution in [2.24, 2.45) is 5.73 Å². The number of benzene rings is 3. The van der Waals surface area contributed by atoms with E-state index in [-0.39, 0.29) is 5.91 Å². The fourth-order valence-electron chi connectivity index (χ4n) is 3.73. The molecule has 4 rings (SSSR count). The van der Waals surface area contributed by atoms with E-state index in [0.717, 1.165) is 16.8 Å². The molecule has 1 unspecified atom stereocenters. The quantitative estimate of drug-likeness (QED) is 0.623. The lowest BCUT2D eigenvalue weighted by Gasteiger charge is -2.38. The van der Waals surface area contributed by atoms with Gasteiger partial charge in [-0.3, -0.25) is 9.59 Å². The number of nitrogens with one attached hydrogen (secondary N) is 1. The van der Waals surface area contributed by atoms with E-state index in [0.29, 0.717) is 23.4 Å². The van der Waals surface area contributed by atoms with Crippen LogP contribution in [-0.4, -0.2) is 24.9 Å². The molecule has 3 N–H and O–H groups in total. The van der Waals surface area contributed by atoms with E-state index >= 15 is 0 Å². The molecule has 3 aromatic rings. The van der Waals surface area contributed by atoms with Crippen molar-refractivity contribution < 1.29 is 19.1 Å². The molecule has 1 aliphatic heterocycles. The monoisotopic (exact) mass is 415 g/mol. The Balaban J connectivity index is 1.75. The number of nitrogens with zero attached hydrogens (tertiary/aromatic N) is 1. The summed E-state index contributed by atoms with van der Waals surface area (Å²) in [6.07, 6.45) is 0. The summed E-state index contributed by atoms with van der Waals surface area (Å²) in [5, 5.41) is 2.90. The Hall–Kier alpha value is -4.13. The number of nitrogens with two attached hydrogens (primary N) is 1. The molecule has 7 nitrogen and oxygen atoms in total. The Morgan fingerprint density at radius 3 is 2.32 bits per heavy atom. The highest BCUT2D eigenvalue weighted by atomic mass is 16.5. The van der Waals surface area contributed by atoms with E-state index in [4.69, 9.17) is 10.5 Å². The number of esters is 1. The van der Waals surface area contributed by atoms with Gasteiger partial charge in [-0.05, 0) is 41.5 Å². The van der Waals surface area contributed by atoms with Gasteiger partial charge in [0, 0.05) is 12.1 Å². The average molecular weight is 415 g/mol. The first kappa shape index (κ1) is 20.2. The van der Waals surface area contributed by atoms with Gasteiger partial charge in [-0.15, -0.1) is 0 Å². The highest BCUT2D eigenvalue weighted by Gasteiger charge is 2.34. The molecule has 3 aromatic carbocycles. The first-order chi connectivity index (χ1) is 15.0. The summed E-state index contributed by atoms with van der Waals surface area (Å²) in [5.74, 6) is -1.17. The van der Waals surface area contributed by atoms with E-state index in [1.165, 1.54) is 7.11 Å². The number of primary amides is 1. The van der Waals surface area contributed by atoms with Crippen LogP contribution in [0.15, 0.2) is 72.8 Å². The number of rotatable bonds is 5. The van der Waals surface area contributed by atoms with Crippen LogP contribution < -0.4 is 16.0 Å². The molecule has 0 saturated carbocycles. The summed E-state index contributed by atoms with van der Waals surface area (Å²) in [4.78, 5) is 38.4. The number of amides is 2. The Bertz CT molecular complexity index is 1140. The van der Waals surface area contributed by atoms with Crippen LogP contribution in [0.25, 0.3) is 0 Å². The second-order valence-corrected chi connectivity index (χ2v) is 7.22. The molecule has 1 heterocycles. The molecule has 0 saturated heterocycles. The van der Waals surface area contributed by atoms with Crippen LogP contribution >= 0.6 is 0 Å². The van der Waals surface area contributed by atoms with Crippen molar-refractivity contribution in [2.45, 2.75) is 12.6 Å². The lowest BCUT2D eigenvalue weighted by molar-refractivity contribution is -0.117. The van der Waals surface area contributed by atoms with Crippen LogP contribution in [0.2, 0.25) is 0 Å². The number of carbonyl (C=O) groups excluding carboxylic acids is 3. The van der Waals surface area contributed by atoms with Gasteiger partial charge in [0.15, 0.2) is 0 Å². The zero-order valence-electron chi connectivity index (χ0n) is 16.9. The highest BCUT2D eigenvalue weighted by Crippen LogP contribution is 2.39. The maximum Gasteiger partial charge on any atom is 0.337 e. The summed E-state index contributed by atoms with van der Waals surface area (Å²) in [6.45, 7) is 0.414. The van der Waals surface area contributed by atoms with Gasteiger partial charge in [-0.25, -0.2) is 4.79 Å². The first-order valence-electron chi connectivity index (χ1n) is 9.71. The summed E-state index contributed by atoms with van der Waals surface area (Å²) in [7, 11) is 1.34. The van der Waals surface area contributed by atoms with Gasteiger partial charge in [0.25, 0.3) is 5.91 Å². The average Bonchev–Trinajstić information content (AvgIpc) is 2.79. The van der Waals surface area contributed by atoms with Crippen molar-refractivity contribution in [1.82, 2.24) is 0 Å². The normalized spacial score (nSPS) is 15.1. The van der Waals surface area contributed by atoms with Crippen molar-refractivity contribution in [3.05, 3.63) is 95.1 Å². The summed E-state index contributed by atoms with van der Waals surface area (Å²) in [5.41, 5.74) is 9.23. The number of fused-ring (bicyclic) bond motifs is 1. The zero-order valence-corrected chi connectivity index (χ0v) is 16.9. The van der Waals surface area contributed by atoms with Gasteiger partial charge in [0.2, 0.25) is 5.91 Å². The molecule has 0 aromatic heterocycles. The third kappa shape index (κ3) is 3.98. The Labute approximate surface area is 179 Å². The van der Waals surface area contributed by atoms with Crippen LogP contribution in [0.5, 0.6) is 0 Å². The van der Waals surface area contributed by atoms with Gasteiger partial charge in [0.05, 0.1) is 24.0 Å². The summed E-state index contributed by atoms with van der Waals surface area (Å²) in [6, 6.07) is 21.0. The molecule has 7 heteroatoms. The third-order valence-corrected chi connectivity index (χ3v) is 5.25. The number of carbonyl (C=O) groups is 3. The lowest BCUT2D eigenvalue weighted by atomic mass is 9.98. The molecule has 0 spiro atoms. The molecule has 0 fully saturated rings. The van der Waals surface area contributed by atoms with Crippen molar-refractivity contribution in [2.75, 3.05) is 17.3 Å². The van der Waals surface area contributed by atoms with Crippen LogP contribution in [0.4, 0.5) is 11.4 Å². The fourth-order valence-corrected chi connectivity index (χ4v) is 3.73. The highest BCUT2D eigenvalue weighted by molar-refractivity contribution is 6.06. The number of anilines is 2. The lowest BCUT2D eigenvalue weighted by Crippen LogP contribution is -2.41. The minimum atomic E-state index is -0.563. The molecular weight excluding hydrogens is 394 g/mol. The van der Waals surface area contributed by atoms with Gasteiger partial charge in [-0.2, -0.15) is 0 Å². The van der Waals surface area contributed by atoms with Crippen LogP contribution in [0.1, 0.15) is 37.9 Å². The summed E-state index contributed by atoms with van der Waals surface area (Å²) < 4.78 is 4.75. The smallest absolute Gasteiger partial charge is 0.337 e. The van der Waals surface area contributed by atoms with Crippen molar-refractivity contribution >= 4 is 29.2 Å². The molecule has 1 aliphatic rings. The fraction of sp³-hybridized carbons (Fsp3) is 0.125. The van der Waals surface area contributed by atoms with Crippen molar-refractivity contribution in [1.29, 1.82) is 0 Å². The maximum absolute atomic E-state index is 13.1. The SMILES string of the molecule is COC(=O)c1ccc(CN2c3ccc(C(N)=O)cc3NC(=O)C2c2ccccc2)cc1. The molecule has 0 radical (unpaired) electrons. The zero-order chi connectivity index (χ0) is 22.0. The largest absolute Gasteiger partial charge is 0.465 e. The van der Waals surface area contributed by atoms with Crippen molar-refractivity contribution in [3.63, 3.8) is 0 Å². The van der Waals surface area contributed by atoms with Gasteiger partial charge in [0.1, 0.15) is 6.04 Å². The predicted molar refractivity (Wildman–Crippen MR) is 117 cm³/mol. The second-order valence-electron chi connectivity index (χ2n) is 7.22. The Kier molecular flexibility index (Phi) is 5.41. The Morgan fingerprint density at radius 1 is 1.00 bits per heavy atom. The van der Waals surface area contributed by atoms with E-state index in [1.54, 1.807) is 30.3 Å². The van der Waals surface area contributed by atoms with E-state index in [9.17, 15) is 14.4 Å². The standard InChI is InChI=1S/C24H21N3O4/c1-31-24(30)17-9-7-15(8-10-17)14-27-20-12-11-18(22(25)28)13-19(20)26-23(29)21(27)16-5-3-2-4-6-16/h2-13,21H,14H2,1H3,(H2,25,28)(H,26,29). The topological polar surface area (TPSA) is 102 Å². The Morgan fingerprint density at radius 2 is 1.68 bits per heavy atom. The predicted octanol–water partition coefficient (Wildman–Crippen LogP) is 3.27. The van der Waals surface area contributed by atoms with E-state index < -0.39 is 17.9 Å². The van der Waals surface area contributed by atoms with Gasteiger partial charge in [-0.1, -0.05) is 42.5 Å². The van der Waals surface area contributed by atoms with Crippen LogP contribution in [0.3, 0.4) is 0 Å². The number of hydrogen-bond acceptors (Lipinski definition) is 5. The molecule has 0 aliphatic carbocycles.